The maximum Gasteiger partial charge on any atom is 0.247 e. The third kappa shape index (κ3) is 3.56. The third-order valence-corrected chi connectivity index (χ3v) is 4.29. The summed E-state index contributed by atoms with van der Waals surface area (Å²) in [7, 11) is 0. The van der Waals surface area contributed by atoms with Gasteiger partial charge in [0.25, 0.3) is 0 Å². The van der Waals surface area contributed by atoms with Gasteiger partial charge in [-0.15, -0.1) is 0 Å². The summed E-state index contributed by atoms with van der Waals surface area (Å²) in [6, 6.07) is -0.0439. The molecule has 1 saturated heterocycles. The van der Waals surface area contributed by atoms with E-state index >= 15 is 0 Å². The lowest BCUT2D eigenvalue weighted by Gasteiger charge is -2.18. The standard InChI is InChI=1S/C15H26N2O2/c1-3-5-6-11(4-2)10-16-13-9-14(18)17(15(13)19)12-7-8-12/h11-13,16H,3-10H2,1-2H3. The fourth-order valence-electron chi connectivity index (χ4n) is 2.78. The van der Waals surface area contributed by atoms with Crippen LogP contribution >= 0.6 is 0 Å². The van der Waals surface area contributed by atoms with Crippen molar-refractivity contribution in [1.82, 2.24) is 10.2 Å². The number of nitrogens with zero attached hydrogens (tertiary/aromatic N) is 1. The molecule has 2 rings (SSSR count). The molecule has 1 heterocycles. The molecule has 0 spiro atoms. The van der Waals surface area contributed by atoms with E-state index in [4.69, 9.17) is 0 Å². The van der Waals surface area contributed by atoms with Crippen LogP contribution in [0, 0.1) is 5.92 Å². The van der Waals surface area contributed by atoms with Crippen LogP contribution in [0.5, 0.6) is 0 Å². The fourth-order valence-corrected chi connectivity index (χ4v) is 2.78. The average molecular weight is 266 g/mol. The van der Waals surface area contributed by atoms with Crippen LogP contribution in [-0.2, 0) is 9.59 Å². The van der Waals surface area contributed by atoms with Crippen LogP contribution in [0.2, 0.25) is 0 Å². The van der Waals surface area contributed by atoms with Gasteiger partial charge >= 0.3 is 0 Å². The Bertz CT molecular complexity index is 339. The predicted octanol–water partition coefficient (Wildman–Crippen LogP) is 2.08. The number of carbonyl (C=O) groups is 2. The summed E-state index contributed by atoms with van der Waals surface area (Å²) in [5, 5.41) is 3.32. The monoisotopic (exact) mass is 266 g/mol. The van der Waals surface area contributed by atoms with Gasteiger partial charge in [-0.05, 0) is 31.7 Å². The quantitative estimate of drug-likeness (QED) is 0.684. The van der Waals surface area contributed by atoms with Crippen molar-refractivity contribution >= 4 is 11.8 Å². The van der Waals surface area contributed by atoms with E-state index in [1.54, 1.807) is 0 Å². The van der Waals surface area contributed by atoms with Crippen LogP contribution in [0.15, 0.2) is 0 Å². The Balaban J connectivity index is 1.79. The first kappa shape index (κ1) is 14.5. The molecule has 19 heavy (non-hydrogen) atoms. The van der Waals surface area contributed by atoms with Crippen LogP contribution in [0.3, 0.4) is 0 Å². The summed E-state index contributed by atoms with van der Waals surface area (Å²) < 4.78 is 0. The predicted molar refractivity (Wildman–Crippen MR) is 74.6 cm³/mol. The molecule has 2 amide bonds. The molecule has 0 aromatic carbocycles. The molecule has 1 aliphatic carbocycles. The topological polar surface area (TPSA) is 49.4 Å². The number of imide groups is 1. The summed E-state index contributed by atoms with van der Waals surface area (Å²) in [6.07, 6.45) is 7.16. The van der Waals surface area contributed by atoms with E-state index in [1.165, 1.54) is 24.2 Å². The van der Waals surface area contributed by atoms with Crippen molar-refractivity contribution in [2.24, 2.45) is 5.92 Å². The van der Waals surface area contributed by atoms with Gasteiger partial charge in [-0.1, -0.05) is 33.1 Å². The third-order valence-electron chi connectivity index (χ3n) is 4.29. The second-order valence-corrected chi connectivity index (χ2v) is 5.91. The SMILES string of the molecule is CCCCC(CC)CNC1CC(=O)N(C2CC2)C1=O. The molecule has 2 atom stereocenters. The van der Waals surface area contributed by atoms with Crippen LogP contribution in [0.1, 0.15) is 58.8 Å². The van der Waals surface area contributed by atoms with E-state index in [-0.39, 0.29) is 23.9 Å². The van der Waals surface area contributed by atoms with Gasteiger partial charge in [0.1, 0.15) is 0 Å². The van der Waals surface area contributed by atoms with E-state index < -0.39 is 0 Å². The summed E-state index contributed by atoms with van der Waals surface area (Å²) >= 11 is 0. The van der Waals surface area contributed by atoms with Crippen molar-refractivity contribution < 1.29 is 9.59 Å². The minimum absolute atomic E-state index is 0.0119. The number of hydrogen-bond donors (Lipinski definition) is 1. The number of amides is 2. The lowest BCUT2D eigenvalue weighted by molar-refractivity contribution is -0.139. The minimum Gasteiger partial charge on any atom is -0.305 e. The Morgan fingerprint density at radius 2 is 2.05 bits per heavy atom. The van der Waals surface area contributed by atoms with Gasteiger partial charge in [-0.25, -0.2) is 0 Å². The summed E-state index contributed by atoms with van der Waals surface area (Å²) in [5.41, 5.74) is 0. The first-order valence-corrected chi connectivity index (χ1v) is 7.76. The van der Waals surface area contributed by atoms with Gasteiger partial charge in [0.2, 0.25) is 11.8 Å². The average Bonchev–Trinajstić information content (AvgIpc) is 3.18. The van der Waals surface area contributed by atoms with Crippen LogP contribution in [0.25, 0.3) is 0 Å². The molecule has 1 saturated carbocycles. The van der Waals surface area contributed by atoms with Gasteiger partial charge in [0, 0.05) is 6.04 Å². The van der Waals surface area contributed by atoms with Gasteiger partial charge in [0.05, 0.1) is 12.5 Å². The minimum atomic E-state index is -0.260. The molecule has 2 unspecified atom stereocenters. The number of hydrogen-bond acceptors (Lipinski definition) is 3. The molecule has 108 valence electrons. The van der Waals surface area contributed by atoms with Crippen molar-refractivity contribution in [3.63, 3.8) is 0 Å². The van der Waals surface area contributed by atoms with Crippen LogP contribution in [0.4, 0.5) is 0 Å². The smallest absolute Gasteiger partial charge is 0.247 e. The normalized spacial score (nSPS) is 25.2. The Morgan fingerprint density at radius 1 is 1.32 bits per heavy atom. The number of unbranched alkanes of at least 4 members (excludes halogenated alkanes) is 1. The molecule has 0 aromatic heterocycles. The van der Waals surface area contributed by atoms with Crippen molar-refractivity contribution in [1.29, 1.82) is 0 Å². The number of nitrogens with one attached hydrogen (secondary N) is 1. The van der Waals surface area contributed by atoms with Gasteiger partial charge in [0.15, 0.2) is 0 Å². The van der Waals surface area contributed by atoms with E-state index in [2.05, 4.69) is 19.2 Å². The van der Waals surface area contributed by atoms with E-state index in [9.17, 15) is 9.59 Å². The van der Waals surface area contributed by atoms with Gasteiger partial charge < -0.3 is 5.32 Å². The molecule has 4 heteroatoms. The largest absolute Gasteiger partial charge is 0.305 e. The van der Waals surface area contributed by atoms with Crippen molar-refractivity contribution in [3.05, 3.63) is 0 Å². The zero-order valence-electron chi connectivity index (χ0n) is 12.2. The highest BCUT2D eigenvalue weighted by molar-refractivity contribution is 6.06. The zero-order valence-corrected chi connectivity index (χ0v) is 12.2. The second-order valence-electron chi connectivity index (χ2n) is 5.91. The Kier molecular flexibility index (Phi) is 4.97. The summed E-state index contributed by atoms with van der Waals surface area (Å²) in [6.45, 7) is 5.26. The molecular formula is C15H26N2O2. The van der Waals surface area contributed by atoms with Crippen LogP contribution in [-0.4, -0.2) is 35.3 Å². The first-order chi connectivity index (χ1) is 9.17. The number of carbonyl (C=O) groups excluding carboxylic acids is 2. The highest BCUT2D eigenvalue weighted by Crippen LogP contribution is 2.31. The Morgan fingerprint density at radius 3 is 2.63 bits per heavy atom. The first-order valence-electron chi connectivity index (χ1n) is 7.76. The van der Waals surface area contributed by atoms with Gasteiger partial charge in [-0.3, -0.25) is 14.5 Å². The molecule has 1 aliphatic heterocycles. The van der Waals surface area contributed by atoms with Crippen LogP contribution < -0.4 is 5.32 Å². The molecule has 2 fully saturated rings. The summed E-state index contributed by atoms with van der Waals surface area (Å²) in [5.74, 6) is 0.655. The summed E-state index contributed by atoms with van der Waals surface area (Å²) in [4.78, 5) is 25.5. The Hall–Kier alpha value is -0.900. The number of likely N-dealkylation sites (tertiary alicyclic amines) is 1. The molecule has 0 radical (unpaired) electrons. The molecule has 0 bridgehead atoms. The van der Waals surface area contributed by atoms with Crippen molar-refractivity contribution in [3.8, 4) is 0 Å². The molecule has 2 aliphatic rings. The van der Waals surface area contributed by atoms with Crippen molar-refractivity contribution in [2.45, 2.75) is 70.9 Å². The highest BCUT2D eigenvalue weighted by atomic mass is 16.2. The molecule has 1 N–H and O–H groups in total. The zero-order chi connectivity index (χ0) is 13.8. The lowest BCUT2D eigenvalue weighted by atomic mass is 9.99. The van der Waals surface area contributed by atoms with E-state index in [0.717, 1.165) is 25.8 Å². The van der Waals surface area contributed by atoms with Crippen molar-refractivity contribution in [2.75, 3.05) is 6.54 Å². The number of rotatable bonds is 8. The highest BCUT2D eigenvalue weighted by Gasteiger charge is 2.45. The van der Waals surface area contributed by atoms with Gasteiger partial charge in [-0.2, -0.15) is 0 Å². The molecule has 0 aromatic rings. The fraction of sp³-hybridized carbons (Fsp3) is 0.867. The molecule has 4 nitrogen and oxygen atoms in total. The molecular weight excluding hydrogens is 240 g/mol. The van der Waals surface area contributed by atoms with E-state index in [0.29, 0.717) is 12.3 Å². The Labute approximate surface area is 115 Å². The maximum absolute atomic E-state index is 12.2. The second kappa shape index (κ2) is 6.51. The maximum atomic E-state index is 12.2. The van der Waals surface area contributed by atoms with E-state index in [1.807, 2.05) is 0 Å². The lowest BCUT2D eigenvalue weighted by Crippen LogP contribution is -2.41.